The van der Waals surface area contributed by atoms with Crippen LogP contribution in [-0.4, -0.2) is 24.2 Å². The molecule has 0 fully saturated rings. The minimum absolute atomic E-state index is 0.0382. The van der Waals surface area contributed by atoms with Crippen molar-refractivity contribution in [1.29, 1.82) is 0 Å². The standard InChI is InChI=1S/C10H12N2O3/c11-7-3-6-4-10(14)12-8(6)5-9(7)15-2-1-13/h3,5,13H,1-2,4,11H2,(H,12,14). The highest BCUT2D eigenvalue weighted by Gasteiger charge is 2.19. The normalized spacial score (nSPS) is 13.5. The lowest BCUT2D eigenvalue weighted by Gasteiger charge is -2.09. The molecule has 0 saturated heterocycles. The Morgan fingerprint density at radius 2 is 2.33 bits per heavy atom. The number of aliphatic hydroxyl groups excluding tert-OH is 1. The fourth-order valence-corrected chi connectivity index (χ4v) is 1.55. The molecule has 1 aliphatic heterocycles. The summed E-state index contributed by atoms with van der Waals surface area (Å²) in [6.07, 6.45) is 0.361. The Morgan fingerprint density at radius 1 is 1.53 bits per heavy atom. The van der Waals surface area contributed by atoms with Crippen molar-refractivity contribution in [1.82, 2.24) is 0 Å². The highest BCUT2D eigenvalue weighted by atomic mass is 16.5. The van der Waals surface area contributed by atoms with Crippen LogP contribution in [0.3, 0.4) is 0 Å². The minimum Gasteiger partial charge on any atom is -0.489 e. The zero-order valence-electron chi connectivity index (χ0n) is 8.12. The van der Waals surface area contributed by atoms with Gasteiger partial charge in [-0.15, -0.1) is 0 Å². The Bertz CT molecular complexity index is 404. The number of rotatable bonds is 3. The predicted octanol–water partition coefficient (Wildman–Crippen LogP) is 0.134. The van der Waals surface area contributed by atoms with E-state index in [2.05, 4.69) is 5.32 Å². The van der Waals surface area contributed by atoms with Gasteiger partial charge in [0.2, 0.25) is 5.91 Å². The van der Waals surface area contributed by atoms with E-state index in [4.69, 9.17) is 15.6 Å². The number of ether oxygens (including phenoxy) is 1. The Kier molecular flexibility index (Phi) is 2.47. The second-order valence-electron chi connectivity index (χ2n) is 3.34. The molecule has 15 heavy (non-hydrogen) atoms. The van der Waals surface area contributed by atoms with Crippen molar-refractivity contribution in [3.05, 3.63) is 17.7 Å². The number of hydrogen-bond acceptors (Lipinski definition) is 4. The van der Waals surface area contributed by atoms with Gasteiger partial charge in [0.1, 0.15) is 12.4 Å². The molecular weight excluding hydrogens is 196 g/mol. The van der Waals surface area contributed by atoms with E-state index in [0.717, 1.165) is 11.3 Å². The number of hydrogen-bond donors (Lipinski definition) is 3. The van der Waals surface area contributed by atoms with Gasteiger partial charge in [-0.25, -0.2) is 0 Å². The van der Waals surface area contributed by atoms with Gasteiger partial charge in [-0.2, -0.15) is 0 Å². The summed E-state index contributed by atoms with van der Waals surface area (Å²) in [7, 11) is 0. The molecule has 0 spiro atoms. The summed E-state index contributed by atoms with van der Waals surface area (Å²) in [6.45, 7) is 0.125. The van der Waals surface area contributed by atoms with Crippen LogP contribution in [0.5, 0.6) is 5.75 Å². The SMILES string of the molecule is Nc1cc2c(cc1OCCO)NC(=O)C2. The van der Waals surface area contributed by atoms with E-state index < -0.39 is 0 Å². The lowest BCUT2D eigenvalue weighted by atomic mass is 10.1. The molecule has 0 saturated carbocycles. The van der Waals surface area contributed by atoms with Gasteiger partial charge in [-0.3, -0.25) is 4.79 Å². The van der Waals surface area contributed by atoms with Crippen LogP contribution in [0.2, 0.25) is 0 Å². The van der Waals surface area contributed by atoms with Crippen LogP contribution in [0.25, 0.3) is 0 Å². The lowest BCUT2D eigenvalue weighted by molar-refractivity contribution is -0.115. The smallest absolute Gasteiger partial charge is 0.228 e. The summed E-state index contributed by atoms with van der Waals surface area (Å²) < 4.78 is 5.22. The van der Waals surface area contributed by atoms with Crippen LogP contribution in [0.15, 0.2) is 12.1 Å². The van der Waals surface area contributed by atoms with E-state index in [1.54, 1.807) is 12.1 Å². The predicted molar refractivity (Wildman–Crippen MR) is 55.8 cm³/mol. The fourth-order valence-electron chi connectivity index (χ4n) is 1.55. The van der Waals surface area contributed by atoms with Crippen molar-refractivity contribution in [2.45, 2.75) is 6.42 Å². The Balaban J connectivity index is 2.27. The van der Waals surface area contributed by atoms with E-state index in [0.29, 0.717) is 17.9 Å². The number of amides is 1. The number of nitrogen functional groups attached to an aromatic ring is 1. The molecule has 1 amide bonds. The largest absolute Gasteiger partial charge is 0.489 e. The number of carbonyl (C=O) groups is 1. The van der Waals surface area contributed by atoms with Gasteiger partial charge < -0.3 is 20.9 Å². The first-order chi connectivity index (χ1) is 7.20. The zero-order chi connectivity index (χ0) is 10.8. The summed E-state index contributed by atoms with van der Waals surface area (Å²) in [5, 5.41) is 11.3. The molecule has 1 heterocycles. The first-order valence-electron chi connectivity index (χ1n) is 4.66. The second-order valence-corrected chi connectivity index (χ2v) is 3.34. The summed E-state index contributed by atoms with van der Waals surface area (Å²) in [4.78, 5) is 11.1. The van der Waals surface area contributed by atoms with Crippen molar-refractivity contribution in [2.75, 3.05) is 24.3 Å². The molecule has 2 rings (SSSR count). The maximum absolute atomic E-state index is 11.1. The van der Waals surface area contributed by atoms with E-state index >= 15 is 0 Å². The summed E-state index contributed by atoms with van der Waals surface area (Å²) in [6, 6.07) is 3.41. The van der Waals surface area contributed by atoms with Gasteiger partial charge in [0.25, 0.3) is 0 Å². The number of benzene rings is 1. The third-order valence-electron chi connectivity index (χ3n) is 2.21. The van der Waals surface area contributed by atoms with Crippen LogP contribution in [-0.2, 0) is 11.2 Å². The van der Waals surface area contributed by atoms with Gasteiger partial charge in [0, 0.05) is 11.8 Å². The zero-order valence-corrected chi connectivity index (χ0v) is 8.12. The van der Waals surface area contributed by atoms with Crippen LogP contribution in [0.4, 0.5) is 11.4 Å². The minimum atomic E-state index is -0.0666. The van der Waals surface area contributed by atoms with Crippen molar-refractivity contribution >= 4 is 17.3 Å². The van der Waals surface area contributed by atoms with E-state index in [-0.39, 0.29) is 19.1 Å². The van der Waals surface area contributed by atoms with E-state index in [9.17, 15) is 4.79 Å². The van der Waals surface area contributed by atoms with Gasteiger partial charge in [-0.05, 0) is 11.6 Å². The van der Waals surface area contributed by atoms with Crippen molar-refractivity contribution in [3.8, 4) is 5.75 Å². The monoisotopic (exact) mass is 208 g/mol. The first-order valence-corrected chi connectivity index (χ1v) is 4.66. The molecule has 0 aliphatic carbocycles. The maximum atomic E-state index is 11.1. The summed E-state index contributed by atoms with van der Waals surface area (Å²) in [5.41, 5.74) is 7.84. The Morgan fingerprint density at radius 3 is 3.07 bits per heavy atom. The average molecular weight is 208 g/mol. The Hall–Kier alpha value is -1.75. The van der Waals surface area contributed by atoms with Gasteiger partial charge in [-0.1, -0.05) is 0 Å². The van der Waals surface area contributed by atoms with Crippen molar-refractivity contribution in [2.24, 2.45) is 0 Å². The van der Waals surface area contributed by atoms with Gasteiger partial charge >= 0.3 is 0 Å². The summed E-state index contributed by atoms with van der Waals surface area (Å²) >= 11 is 0. The van der Waals surface area contributed by atoms with Crippen molar-refractivity contribution in [3.63, 3.8) is 0 Å². The third-order valence-corrected chi connectivity index (χ3v) is 2.21. The molecule has 4 N–H and O–H groups in total. The lowest BCUT2D eigenvalue weighted by Crippen LogP contribution is -2.05. The Labute approximate surface area is 86.8 Å². The topological polar surface area (TPSA) is 84.6 Å². The molecule has 0 unspecified atom stereocenters. The first kappa shape index (κ1) is 9.79. The molecule has 5 heteroatoms. The van der Waals surface area contributed by atoms with Gasteiger partial charge in [0.05, 0.1) is 18.7 Å². The molecule has 0 bridgehead atoms. The summed E-state index contributed by atoms with van der Waals surface area (Å²) in [5.74, 6) is 0.453. The van der Waals surface area contributed by atoms with Crippen LogP contribution >= 0.6 is 0 Å². The molecule has 0 atom stereocenters. The quantitative estimate of drug-likeness (QED) is 0.616. The van der Waals surface area contributed by atoms with Gasteiger partial charge in [0.15, 0.2) is 0 Å². The number of nitrogens with one attached hydrogen (secondary N) is 1. The third kappa shape index (κ3) is 1.87. The highest BCUT2D eigenvalue weighted by molar-refractivity contribution is 6.00. The number of carbonyl (C=O) groups excluding carboxylic acids is 1. The van der Waals surface area contributed by atoms with Crippen LogP contribution < -0.4 is 15.8 Å². The maximum Gasteiger partial charge on any atom is 0.228 e. The number of aliphatic hydroxyl groups is 1. The number of nitrogens with two attached hydrogens (primary N) is 1. The van der Waals surface area contributed by atoms with Crippen molar-refractivity contribution < 1.29 is 14.6 Å². The number of fused-ring (bicyclic) bond motifs is 1. The molecular formula is C10H12N2O3. The van der Waals surface area contributed by atoms with E-state index in [1.165, 1.54) is 0 Å². The molecule has 80 valence electrons. The molecule has 1 aromatic carbocycles. The second kappa shape index (κ2) is 3.78. The molecule has 0 aromatic heterocycles. The molecule has 1 aromatic rings. The number of anilines is 2. The highest BCUT2D eigenvalue weighted by Crippen LogP contribution is 2.32. The molecule has 0 radical (unpaired) electrons. The van der Waals surface area contributed by atoms with E-state index in [1.807, 2.05) is 0 Å². The van der Waals surface area contributed by atoms with Crippen LogP contribution in [0, 0.1) is 0 Å². The fraction of sp³-hybridized carbons (Fsp3) is 0.300. The molecule has 1 aliphatic rings. The molecule has 5 nitrogen and oxygen atoms in total. The average Bonchev–Trinajstić information content (AvgIpc) is 2.53. The van der Waals surface area contributed by atoms with Crippen LogP contribution in [0.1, 0.15) is 5.56 Å².